The highest BCUT2D eigenvalue weighted by molar-refractivity contribution is 5.97. The van der Waals surface area contributed by atoms with Crippen molar-refractivity contribution < 1.29 is 9.59 Å². The molecule has 23 heavy (non-hydrogen) atoms. The molecule has 0 aliphatic heterocycles. The summed E-state index contributed by atoms with van der Waals surface area (Å²) in [5.41, 5.74) is 3.96. The Bertz CT molecular complexity index is 696. The van der Waals surface area contributed by atoms with Crippen LogP contribution in [0.2, 0.25) is 0 Å². The highest BCUT2D eigenvalue weighted by atomic mass is 16.2. The number of hydrogen-bond acceptors (Lipinski definition) is 2. The molecule has 0 radical (unpaired) electrons. The van der Waals surface area contributed by atoms with Crippen LogP contribution in [0.1, 0.15) is 34.0 Å². The lowest BCUT2D eigenvalue weighted by molar-refractivity contribution is -0.122. The third-order valence-electron chi connectivity index (χ3n) is 3.73. The lowest BCUT2D eigenvalue weighted by Crippen LogP contribution is -2.44. The second kappa shape index (κ2) is 7.58. The largest absolute Gasteiger partial charge is 0.350 e. The Kier molecular flexibility index (Phi) is 5.52. The number of carbonyl (C=O) groups excluding carboxylic acids is 2. The van der Waals surface area contributed by atoms with E-state index in [0.29, 0.717) is 12.1 Å². The maximum Gasteiger partial charge on any atom is 0.251 e. The Morgan fingerprint density at radius 2 is 1.74 bits per heavy atom. The Labute approximate surface area is 136 Å². The first-order valence-electron chi connectivity index (χ1n) is 7.67. The highest BCUT2D eigenvalue weighted by Crippen LogP contribution is 2.10. The first-order valence-corrected chi connectivity index (χ1v) is 7.67. The van der Waals surface area contributed by atoms with E-state index in [1.165, 1.54) is 5.56 Å². The van der Waals surface area contributed by atoms with Crippen LogP contribution in [-0.2, 0) is 11.3 Å². The van der Waals surface area contributed by atoms with Crippen molar-refractivity contribution in [1.29, 1.82) is 0 Å². The minimum atomic E-state index is -0.589. The van der Waals surface area contributed by atoms with Crippen LogP contribution in [0, 0.1) is 13.8 Å². The molecule has 2 aromatic rings. The molecule has 0 saturated carbocycles. The molecular formula is C19H22N2O2. The number of benzene rings is 2. The fourth-order valence-electron chi connectivity index (χ4n) is 2.31. The third-order valence-corrected chi connectivity index (χ3v) is 3.73. The van der Waals surface area contributed by atoms with Crippen LogP contribution in [0.4, 0.5) is 0 Å². The summed E-state index contributed by atoms with van der Waals surface area (Å²) < 4.78 is 0. The highest BCUT2D eigenvalue weighted by Gasteiger charge is 2.16. The molecule has 4 heteroatoms. The molecule has 0 aliphatic rings. The number of rotatable bonds is 5. The van der Waals surface area contributed by atoms with Gasteiger partial charge in [0, 0.05) is 12.1 Å². The molecule has 0 heterocycles. The molecule has 0 aliphatic carbocycles. The van der Waals surface area contributed by atoms with Gasteiger partial charge in [0.05, 0.1) is 0 Å². The molecule has 2 amide bonds. The smallest absolute Gasteiger partial charge is 0.251 e. The fourth-order valence-corrected chi connectivity index (χ4v) is 2.31. The number of hydrogen-bond donors (Lipinski definition) is 2. The van der Waals surface area contributed by atoms with Crippen LogP contribution < -0.4 is 10.6 Å². The average molecular weight is 310 g/mol. The lowest BCUT2D eigenvalue weighted by Gasteiger charge is -2.15. The van der Waals surface area contributed by atoms with E-state index in [-0.39, 0.29) is 11.8 Å². The van der Waals surface area contributed by atoms with Gasteiger partial charge in [-0.25, -0.2) is 0 Å². The average Bonchev–Trinajstić information content (AvgIpc) is 2.54. The minimum absolute atomic E-state index is 0.200. The zero-order valence-electron chi connectivity index (χ0n) is 13.7. The molecule has 1 unspecified atom stereocenters. The maximum absolute atomic E-state index is 12.1. The quantitative estimate of drug-likeness (QED) is 0.892. The Balaban J connectivity index is 1.89. The van der Waals surface area contributed by atoms with Crippen molar-refractivity contribution in [3.8, 4) is 0 Å². The van der Waals surface area contributed by atoms with Gasteiger partial charge in [-0.05, 0) is 44.0 Å². The van der Waals surface area contributed by atoms with E-state index in [0.717, 1.165) is 11.1 Å². The topological polar surface area (TPSA) is 58.2 Å². The number of aryl methyl sites for hydroxylation is 2. The maximum atomic E-state index is 12.1. The van der Waals surface area contributed by atoms with Crippen molar-refractivity contribution in [3.63, 3.8) is 0 Å². The summed E-state index contributed by atoms with van der Waals surface area (Å²) in [5.74, 6) is -0.450. The first kappa shape index (κ1) is 16.7. The molecule has 0 fully saturated rings. The predicted octanol–water partition coefficient (Wildman–Crippen LogP) is 2.74. The summed E-state index contributed by atoms with van der Waals surface area (Å²) in [5, 5.41) is 5.57. The van der Waals surface area contributed by atoms with Gasteiger partial charge in [-0.1, -0.05) is 42.0 Å². The summed E-state index contributed by atoms with van der Waals surface area (Å²) in [4.78, 5) is 24.2. The van der Waals surface area contributed by atoms with Gasteiger partial charge in [-0.2, -0.15) is 0 Å². The molecule has 0 bridgehead atoms. The zero-order valence-corrected chi connectivity index (χ0v) is 13.7. The molecular weight excluding hydrogens is 288 g/mol. The minimum Gasteiger partial charge on any atom is -0.350 e. The Hall–Kier alpha value is -2.62. The third kappa shape index (κ3) is 4.68. The van der Waals surface area contributed by atoms with Gasteiger partial charge in [0.25, 0.3) is 5.91 Å². The zero-order chi connectivity index (χ0) is 16.8. The van der Waals surface area contributed by atoms with Crippen molar-refractivity contribution in [2.75, 3.05) is 0 Å². The summed E-state index contributed by atoms with van der Waals surface area (Å²) in [7, 11) is 0. The van der Waals surface area contributed by atoms with E-state index >= 15 is 0 Å². The van der Waals surface area contributed by atoms with E-state index in [1.807, 2.05) is 32.0 Å². The molecule has 2 aromatic carbocycles. The van der Waals surface area contributed by atoms with E-state index in [4.69, 9.17) is 0 Å². The second-order valence-electron chi connectivity index (χ2n) is 5.71. The number of nitrogens with one attached hydrogen (secondary N) is 2. The fraction of sp³-hybridized carbons (Fsp3) is 0.263. The van der Waals surface area contributed by atoms with Crippen LogP contribution >= 0.6 is 0 Å². The SMILES string of the molecule is Cc1ccc(CNC(=O)C(C)NC(=O)c2ccccc2)c(C)c1. The molecule has 120 valence electrons. The van der Waals surface area contributed by atoms with Gasteiger partial charge in [0.1, 0.15) is 6.04 Å². The lowest BCUT2D eigenvalue weighted by atomic mass is 10.1. The van der Waals surface area contributed by atoms with Gasteiger partial charge in [0.2, 0.25) is 5.91 Å². The molecule has 0 aromatic heterocycles. The van der Waals surface area contributed by atoms with Gasteiger partial charge >= 0.3 is 0 Å². The predicted molar refractivity (Wildman–Crippen MR) is 91.1 cm³/mol. The van der Waals surface area contributed by atoms with Gasteiger partial charge in [-0.15, -0.1) is 0 Å². The van der Waals surface area contributed by atoms with Gasteiger partial charge < -0.3 is 10.6 Å². The number of carbonyl (C=O) groups is 2. The monoisotopic (exact) mass is 310 g/mol. The van der Waals surface area contributed by atoms with Crippen molar-refractivity contribution >= 4 is 11.8 Å². The van der Waals surface area contributed by atoms with Crippen LogP contribution in [-0.4, -0.2) is 17.9 Å². The summed E-state index contributed by atoms with van der Waals surface area (Å²) in [6.07, 6.45) is 0. The van der Waals surface area contributed by atoms with E-state index in [9.17, 15) is 9.59 Å². The van der Waals surface area contributed by atoms with Crippen molar-refractivity contribution in [2.45, 2.75) is 33.4 Å². The molecule has 0 saturated heterocycles. The van der Waals surface area contributed by atoms with Crippen molar-refractivity contribution in [3.05, 3.63) is 70.8 Å². The molecule has 2 N–H and O–H groups in total. The van der Waals surface area contributed by atoms with Gasteiger partial charge in [-0.3, -0.25) is 9.59 Å². The van der Waals surface area contributed by atoms with Crippen molar-refractivity contribution in [1.82, 2.24) is 10.6 Å². The van der Waals surface area contributed by atoms with Crippen LogP contribution in [0.15, 0.2) is 48.5 Å². The van der Waals surface area contributed by atoms with E-state index < -0.39 is 6.04 Å². The Morgan fingerprint density at radius 3 is 2.39 bits per heavy atom. The van der Waals surface area contributed by atoms with Gasteiger partial charge in [0.15, 0.2) is 0 Å². The Morgan fingerprint density at radius 1 is 1.04 bits per heavy atom. The standard InChI is InChI=1S/C19H22N2O2/c1-13-9-10-17(14(2)11-13)12-20-18(22)15(3)21-19(23)16-7-5-4-6-8-16/h4-11,15H,12H2,1-3H3,(H,20,22)(H,21,23). The van der Waals surface area contributed by atoms with Crippen LogP contribution in [0.5, 0.6) is 0 Å². The molecule has 1 atom stereocenters. The van der Waals surface area contributed by atoms with E-state index in [1.54, 1.807) is 31.2 Å². The molecule has 4 nitrogen and oxygen atoms in total. The van der Waals surface area contributed by atoms with Crippen LogP contribution in [0.25, 0.3) is 0 Å². The molecule has 2 rings (SSSR count). The molecule has 0 spiro atoms. The summed E-state index contributed by atoms with van der Waals surface area (Å²) in [6.45, 7) is 6.19. The second-order valence-corrected chi connectivity index (χ2v) is 5.71. The van der Waals surface area contributed by atoms with Crippen molar-refractivity contribution in [2.24, 2.45) is 0 Å². The van der Waals surface area contributed by atoms with Crippen LogP contribution in [0.3, 0.4) is 0 Å². The first-order chi connectivity index (χ1) is 11.0. The normalized spacial score (nSPS) is 11.6. The van der Waals surface area contributed by atoms with E-state index in [2.05, 4.69) is 16.7 Å². The summed E-state index contributed by atoms with van der Waals surface area (Å²) >= 11 is 0. The summed E-state index contributed by atoms with van der Waals surface area (Å²) in [6, 6.07) is 14.4. The number of amides is 2.